The van der Waals surface area contributed by atoms with Crippen LogP contribution in [0.3, 0.4) is 0 Å². The third kappa shape index (κ3) is 4.12. The minimum atomic E-state index is -0.595. The fraction of sp³-hybridized carbons (Fsp3) is 0.150. The lowest BCUT2D eigenvalue weighted by molar-refractivity contribution is 0.732. The number of benzene rings is 2. The first-order chi connectivity index (χ1) is 13.4. The van der Waals surface area contributed by atoms with Gasteiger partial charge in [-0.1, -0.05) is 48.0 Å². The molecule has 0 unspecified atom stereocenters. The van der Waals surface area contributed by atoms with E-state index in [1.54, 1.807) is 7.05 Å². The summed E-state index contributed by atoms with van der Waals surface area (Å²) in [7, 11) is 1.63. The van der Waals surface area contributed by atoms with Gasteiger partial charge in [-0.25, -0.2) is 4.79 Å². The second-order valence-electron chi connectivity index (χ2n) is 6.42. The average molecular weight is 395 g/mol. The standard InChI is InChI=1S/C20H21N5O2S/c1-13-8-10-15(11-9-13)22-20(28)24(2)16-17(21)25(19(27)23-18(16)26)12-14-6-4-3-5-7-14/h3-11H,12,21H2,1-2H3,(H,22,28)(H,23,26,27). The summed E-state index contributed by atoms with van der Waals surface area (Å²) in [4.78, 5) is 28.5. The van der Waals surface area contributed by atoms with Crippen LogP contribution in [0.2, 0.25) is 0 Å². The summed E-state index contributed by atoms with van der Waals surface area (Å²) in [6, 6.07) is 17.1. The summed E-state index contributed by atoms with van der Waals surface area (Å²) in [5, 5.41) is 3.35. The summed E-state index contributed by atoms with van der Waals surface area (Å²) in [6.07, 6.45) is 0. The zero-order valence-electron chi connectivity index (χ0n) is 15.6. The topological polar surface area (TPSA) is 96.2 Å². The van der Waals surface area contributed by atoms with Crippen LogP contribution in [0.25, 0.3) is 0 Å². The minimum Gasteiger partial charge on any atom is -0.383 e. The molecule has 8 heteroatoms. The van der Waals surface area contributed by atoms with Crippen molar-refractivity contribution in [3.63, 3.8) is 0 Å². The Balaban J connectivity index is 1.93. The van der Waals surface area contributed by atoms with Crippen molar-refractivity contribution in [1.82, 2.24) is 9.55 Å². The van der Waals surface area contributed by atoms with Crippen LogP contribution < -0.4 is 27.2 Å². The Labute approximate surface area is 167 Å². The Morgan fingerprint density at radius 3 is 2.43 bits per heavy atom. The van der Waals surface area contributed by atoms with E-state index in [2.05, 4.69) is 10.3 Å². The van der Waals surface area contributed by atoms with Crippen LogP contribution >= 0.6 is 12.2 Å². The van der Waals surface area contributed by atoms with E-state index in [1.165, 1.54) is 9.47 Å². The highest BCUT2D eigenvalue weighted by Gasteiger charge is 2.19. The number of nitrogens with two attached hydrogens (primary N) is 1. The molecule has 7 nitrogen and oxygen atoms in total. The highest BCUT2D eigenvalue weighted by molar-refractivity contribution is 7.80. The fourth-order valence-electron chi connectivity index (χ4n) is 2.77. The van der Waals surface area contributed by atoms with Gasteiger partial charge in [-0.2, -0.15) is 0 Å². The van der Waals surface area contributed by atoms with Crippen molar-refractivity contribution >= 4 is 34.5 Å². The Morgan fingerprint density at radius 1 is 1.14 bits per heavy atom. The average Bonchev–Trinajstić information content (AvgIpc) is 2.67. The number of aromatic nitrogens is 2. The molecule has 3 aromatic rings. The molecule has 0 amide bonds. The van der Waals surface area contributed by atoms with Crippen LogP contribution in [0.5, 0.6) is 0 Å². The molecule has 0 bridgehead atoms. The number of thiocarbonyl (C=S) groups is 1. The molecule has 0 saturated carbocycles. The molecule has 0 atom stereocenters. The van der Waals surface area contributed by atoms with E-state index in [0.29, 0.717) is 0 Å². The number of H-pyrrole nitrogens is 1. The van der Waals surface area contributed by atoms with Gasteiger partial charge in [-0.15, -0.1) is 0 Å². The summed E-state index contributed by atoms with van der Waals surface area (Å²) in [6.45, 7) is 2.23. The molecule has 28 heavy (non-hydrogen) atoms. The van der Waals surface area contributed by atoms with E-state index < -0.39 is 11.2 Å². The van der Waals surface area contributed by atoms with Crippen LogP contribution in [-0.2, 0) is 6.54 Å². The molecule has 0 saturated heterocycles. The molecule has 3 rings (SSSR count). The molecule has 0 radical (unpaired) electrons. The van der Waals surface area contributed by atoms with E-state index in [0.717, 1.165) is 16.8 Å². The SMILES string of the molecule is Cc1ccc(NC(=S)N(C)c2c(N)n(Cc3ccccc3)c(=O)[nH]c2=O)cc1. The Kier molecular flexibility index (Phi) is 5.60. The van der Waals surface area contributed by atoms with E-state index in [9.17, 15) is 9.59 Å². The zero-order chi connectivity index (χ0) is 20.3. The summed E-state index contributed by atoms with van der Waals surface area (Å²) in [5.41, 5.74) is 7.94. The smallest absolute Gasteiger partial charge is 0.330 e. The van der Waals surface area contributed by atoms with Crippen molar-refractivity contribution in [1.29, 1.82) is 0 Å². The molecule has 0 spiro atoms. The number of nitrogen functional groups attached to an aromatic ring is 1. The second-order valence-corrected chi connectivity index (χ2v) is 6.81. The fourth-order valence-corrected chi connectivity index (χ4v) is 2.98. The highest BCUT2D eigenvalue weighted by atomic mass is 32.1. The zero-order valence-corrected chi connectivity index (χ0v) is 16.4. The minimum absolute atomic E-state index is 0.0492. The van der Waals surface area contributed by atoms with E-state index in [1.807, 2.05) is 61.5 Å². The highest BCUT2D eigenvalue weighted by Crippen LogP contribution is 2.18. The van der Waals surface area contributed by atoms with E-state index in [4.69, 9.17) is 18.0 Å². The van der Waals surface area contributed by atoms with Crippen LogP contribution in [-0.4, -0.2) is 21.7 Å². The van der Waals surface area contributed by atoms with E-state index in [-0.39, 0.29) is 23.2 Å². The lowest BCUT2D eigenvalue weighted by Crippen LogP contribution is -2.40. The van der Waals surface area contributed by atoms with Crippen LogP contribution in [0.4, 0.5) is 17.2 Å². The predicted octanol–water partition coefficient (Wildman–Crippen LogP) is 2.31. The summed E-state index contributed by atoms with van der Waals surface area (Å²) in [5.74, 6) is 0.0492. The van der Waals surface area contributed by atoms with Crippen molar-refractivity contribution in [3.8, 4) is 0 Å². The largest absolute Gasteiger partial charge is 0.383 e. The van der Waals surface area contributed by atoms with Gasteiger partial charge in [0, 0.05) is 12.7 Å². The normalized spacial score (nSPS) is 10.5. The molecule has 0 fully saturated rings. The molecule has 4 N–H and O–H groups in total. The van der Waals surface area contributed by atoms with Crippen LogP contribution in [0.15, 0.2) is 64.2 Å². The maximum atomic E-state index is 12.4. The molecule has 0 aliphatic rings. The van der Waals surface area contributed by atoms with Crippen molar-refractivity contribution in [2.45, 2.75) is 13.5 Å². The Morgan fingerprint density at radius 2 is 1.79 bits per heavy atom. The lowest BCUT2D eigenvalue weighted by atomic mass is 10.2. The van der Waals surface area contributed by atoms with Gasteiger partial charge in [-0.3, -0.25) is 14.3 Å². The molecule has 2 aromatic carbocycles. The molecular formula is C20H21N5O2S. The van der Waals surface area contributed by atoms with Gasteiger partial charge in [0.15, 0.2) is 10.8 Å². The van der Waals surface area contributed by atoms with E-state index >= 15 is 0 Å². The molecule has 1 heterocycles. The third-order valence-corrected chi connectivity index (χ3v) is 4.72. The summed E-state index contributed by atoms with van der Waals surface area (Å²) < 4.78 is 1.32. The predicted molar refractivity (Wildman–Crippen MR) is 117 cm³/mol. The van der Waals surface area contributed by atoms with Gasteiger partial charge >= 0.3 is 5.69 Å². The first-order valence-corrected chi connectivity index (χ1v) is 9.05. The third-order valence-electron chi connectivity index (χ3n) is 4.34. The number of nitrogens with zero attached hydrogens (tertiary/aromatic N) is 2. The second kappa shape index (κ2) is 8.10. The summed E-state index contributed by atoms with van der Waals surface area (Å²) >= 11 is 5.42. The number of hydrogen-bond acceptors (Lipinski definition) is 4. The molecule has 1 aromatic heterocycles. The van der Waals surface area contributed by atoms with Crippen molar-refractivity contribution < 1.29 is 0 Å². The number of aromatic amines is 1. The Hall–Kier alpha value is -3.39. The molecule has 0 aliphatic heterocycles. The molecule has 0 aliphatic carbocycles. The van der Waals surface area contributed by atoms with Gasteiger partial charge in [0.1, 0.15) is 5.82 Å². The van der Waals surface area contributed by atoms with Gasteiger partial charge < -0.3 is 16.0 Å². The number of nitrogens with one attached hydrogen (secondary N) is 2. The van der Waals surface area contributed by atoms with Gasteiger partial charge in [0.05, 0.1) is 6.54 Å². The number of hydrogen-bond donors (Lipinski definition) is 3. The van der Waals surface area contributed by atoms with Crippen LogP contribution in [0.1, 0.15) is 11.1 Å². The van der Waals surface area contributed by atoms with Gasteiger partial charge in [-0.05, 0) is 36.8 Å². The number of anilines is 3. The lowest BCUT2D eigenvalue weighted by Gasteiger charge is -2.23. The van der Waals surface area contributed by atoms with Gasteiger partial charge in [0.2, 0.25) is 0 Å². The van der Waals surface area contributed by atoms with Crippen molar-refractivity contribution in [3.05, 3.63) is 86.6 Å². The van der Waals surface area contributed by atoms with Crippen molar-refractivity contribution in [2.75, 3.05) is 23.0 Å². The maximum Gasteiger partial charge on any atom is 0.330 e. The monoisotopic (exact) mass is 395 g/mol. The molecule has 144 valence electrons. The molecular weight excluding hydrogens is 374 g/mol. The first kappa shape index (κ1) is 19.4. The first-order valence-electron chi connectivity index (χ1n) is 8.64. The van der Waals surface area contributed by atoms with Crippen molar-refractivity contribution in [2.24, 2.45) is 0 Å². The Bertz CT molecular complexity index is 1100. The quantitative estimate of drug-likeness (QED) is 0.587. The number of rotatable bonds is 4. The number of aryl methyl sites for hydroxylation is 1. The maximum absolute atomic E-state index is 12.4. The van der Waals surface area contributed by atoms with Gasteiger partial charge in [0.25, 0.3) is 5.56 Å². The van der Waals surface area contributed by atoms with Crippen LogP contribution in [0, 0.1) is 6.92 Å².